The fraction of sp³-hybridized carbons (Fsp3) is 0.550. The Labute approximate surface area is 168 Å². The lowest BCUT2D eigenvalue weighted by atomic mass is 10.0. The van der Waals surface area contributed by atoms with Crippen molar-refractivity contribution >= 4 is 23.2 Å². The maximum absolute atomic E-state index is 13.1. The van der Waals surface area contributed by atoms with E-state index in [2.05, 4.69) is 10.1 Å². The normalized spacial score (nSPS) is 20.6. The number of amides is 2. The van der Waals surface area contributed by atoms with Gasteiger partial charge in [0.25, 0.3) is 5.91 Å². The highest BCUT2D eigenvalue weighted by molar-refractivity contribution is 7.10. The van der Waals surface area contributed by atoms with Crippen LogP contribution in [0.2, 0.25) is 0 Å². The lowest BCUT2D eigenvalue weighted by Crippen LogP contribution is -2.55. The van der Waals surface area contributed by atoms with Crippen LogP contribution in [0, 0.1) is 13.8 Å². The number of aryl methyl sites for hydroxylation is 2. The number of aromatic nitrogens is 1. The summed E-state index contributed by atoms with van der Waals surface area (Å²) >= 11 is 1.65. The van der Waals surface area contributed by atoms with Gasteiger partial charge in [0.15, 0.2) is 0 Å². The quantitative estimate of drug-likeness (QED) is 0.787. The van der Waals surface area contributed by atoms with E-state index in [0.717, 1.165) is 54.2 Å². The van der Waals surface area contributed by atoms with Gasteiger partial charge in [0.05, 0.1) is 11.3 Å². The lowest BCUT2D eigenvalue weighted by Gasteiger charge is -2.37. The molecular formula is C20H26N4O3S. The highest BCUT2D eigenvalue weighted by Gasteiger charge is 2.33. The van der Waals surface area contributed by atoms with Crippen LogP contribution >= 0.6 is 11.3 Å². The number of likely N-dealkylation sites (N-methyl/N-ethyl adjacent to an activating group) is 1. The summed E-state index contributed by atoms with van der Waals surface area (Å²) in [6, 6.07) is 0.0465. The molecule has 0 spiro atoms. The molecule has 0 saturated carbocycles. The molecule has 8 heteroatoms. The second-order valence-corrected chi connectivity index (χ2v) is 8.82. The summed E-state index contributed by atoms with van der Waals surface area (Å²) in [4.78, 5) is 32.3. The third kappa shape index (κ3) is 3.35. The zero-order valence-electron chi connectivity index (χ0n) is 16.8. The minimum absolute atomic E-state index is 0.00170. The van der Waals surface area contributed by atoms with Crippen molar-refractivity contribution in [3.8, 4) is 0 Å². The number of fused-ring (bicyclic) bond motifs is 1. The van der Waals surface area contributed by atoms with Gasteiger partial charge in [0.2, 0.25) is 5.91 Å². The van der Waals surface area contributed by atoms with Crippen LogP contribution in [0.1, 0.15) is 44.7 Å². The summed E-state index contributed by atoms with van der Waals surface area (Å²) in [7, 11) is 1.80. The number of hydrogen-bond acceptors (Lipinski definition) is 6. The predicted molar refractivity (Wildman–Crippen MR) is 106 cm³/mol. The van der Waals surface area contributed by atoms with Gasteiger partial charge >= 0.3 is 0 Å². The first kappa shape index (κ1) is 19.1. The maximum atomic E-state index is 13.1. The number of carbonyl (C=O) groups is 2. The predicted octanol–water partition coefficient (Wildman–Crippen LogP) is 2.21. The Morgan fingerprint density at radius 3 is 2.82 bits per heavy atom. The summed E-state index contributed by atoms with van der Waals surface area (Å²) in [5.41, 5.74) is 4.03. The Morgan fingerprint density at radius 2 is 2.14 bits per heavy atom. The molecule has 2 aliphatic heterocycles. The molecule has 7 nitrogen and oxygen atoms in total. The molecular weight excluding hydrogens is 376 g/mol. The van der Waals surface area contributed by atoms with Crippen molar-refractivity contribution in [2.45, 2.75) is 46.3 Å². The molecule has 28 heavy (non-hydrogen) atoms. The summed E-state index contributed by atoms with van der Waals surface area (Å²) < 4.78 is 5.28. The SMILES string of the molecule is Cc1noc(C)c1CN1CCc2c(C(=O)N3CC(=O)N(C)[C@@H](C)C3)csc2C1. The van der Waals surface area contributed by atoms with Gasteiger partial charge in [-0.3, -0.25) is 14.5 Å². The third-order valence-corrected chi connectivity index (χ3v) is 6.99. The van der Waals surface area contributed by atoms with Crippen LogP contribution in [0.15, 0.2) is 9.90 Å². The smallest absolute Gasteiger partial charge is 0.255 e. The van der Waals surface area contributed by atoms with Gasteiger partial charge in [0.1, 0.15) is 12.3 Å². The van der Waals surface area contributed by atoms with E-state index in [1.54, 1.807) is 28.2 Å². The molecule has 1 saturated heterocycles. The van der Waals surface area contributed by atoms with Crippen molar-refractivity contribution in [1.29, 1.82) is 0 Å². The molecule has 0 bridgehead atoms. The first-order chi connectivity index (χ1) is 13.3. The molecule has 2 aliphatic rings. The molecule has 150 valence electrons. The minimum Gasteiger partial charge on any atom is -0.361 e. The molecule has 1 fully saturated rings. The van der Waals surface area contributed by atoms with Crippen molar-refractivity contribution < 1.29 is 14.1 Å². The lowest BCUT2D eigenvalue weighted by molar-refractivity contribution is -0.136. The number of nitrogens with zero attached hydrogens (tertiary/aromatic N) is 4. The van der Waals surface area contributed by atoms with Crippen molar-refractivity contribution in [2.75, 3.05) is 26.7 Å². The number of piperazine rings is 1. The van der Waals surface area contributed by atoms with Gasteiger partial charge < -0.3 is 14.3 Å². The highest BCUT2D eigenvalue weighted by atomic mass is 32.1. The van der Waals surface area contributed by atoms with Gasteiger partial charge in [-0.25, -0.2) is 0 Å². The van der Waals surface area contributed by atoms with E-state index < -0.39 is 0 Å². The third-order valence-electron chi connectivity index (χ3n) is 5.97. The van der Waals surface area contributed by atoms with Crippen LogP contribution in [-0.4, -0.2) is 64.4 Å². The molecule has 2 aromatic heterocycles. The maximum Gasteiger partial charge on any atom is 0.255 e. The molecule has 2 aromatic rings. The van der Waals surface area contributed by atoms with Gasteiger partial charge in [-0.2, -0.15) is 0 Å². The van der Waals surface area contributed by atoms with E-state index in [0.29, 0.717) is 6.54 Å². The van der Waals surface area contributed by atoms with Crippen molar-refractivity contribution in [1.82, 2.24) is 19.9 Å². The van der Waals surface area contributed by atoms with Crippen molar-refractivity contribution in [3.63, 3.8) is 0 Å². The Hall–Kier alpha value is -2.19. The van der Waals surface area contributed by atoms with E-state index in [-0.39, 0.29) is 24.4 Å². The van der Waals surface area contributed by atoms with E-state index in [1.807, 2.05) is 26.2 Å². The van der Waals surface area contributed by atoms with Crippen LogP contribution in [0.5, 0.6) is 0 Å². The van der Waals surface area contributed by atoms with Crippen LogP contribution in [-0.2, 0) is 24.3 Å². The number of carbonyl (C=O) groups excluding carboxylic acids is 2. The molecule has 0 aliphatic carbocycles. The zero-order valence-corrected chi connectivity index (χ0v) is 17.6. The molecule has 4 rings (SSSR count). The number of rotatable bonds is 3. The van der Waals surface area contributed by atoms with Crippen LogP contribution < -0.4 is 0 Å². The molecule has 0 N–H and O–H groups in total. The second-order valence-electron chi connectivity index (χ2n) is 7.85. The molecule has 0 radical (unpaired) electrons. The number of hydrogen-bond donors (Lipinski definition) is 0. The largest absolute Gasteiger partial charge is 0.361 e. The summed E-state index contributed by atoms with van der Waals surface area (Å²) in [6.07, 6.45) is 0.848. The Bertz CT molecular complexity index is 899. The Balaban J connectivity index is 1.48. The molecule has 1 atom stereocenters. The average molecular weight is 403 g/mol. The fourth-order valence-corrected chi connectivity index (χ4v) is 5.11. The first-order valence-corrected chi connectivity index (χ1v) is 10.5. The van der Waals surface area contributed by atoms with Gasteiger partial charge in [-0.05, 0) is 32.8 Å². The highest BCUT2D eigenvalue weighted by Crippen LogP contribution is 2.31. The fourth-order valence-electron chi connectivity index (χ4n) is 4.00. The molecule has 0 aromatic carbocycles. The van der Waals surface area contributed by atoms with E-state index in [4.69, 9.17) is 4.52 Å². The van der Waals surface area contributed by atoms with Crippen LogP contribution in [0.25, 0.3) is 0 Å². The van der Waals surface area contributed by atoms with Gasteiger partial charge in [-0.15, -0.1) is 11.3 Å². The van der Waals surface area contributed by atoms with Gasteiger partial charge in [0, 0.05) is 55.1 Å². The summed E-state index contributed by atoms with van der Waals surface area (Å²) in [5.74, 6) is 0.867. The van der Waals surface area contributed by atoms with Gasteiger partial charge in [-0.1, -0.05) is 5.16 Å². The first-order valence-electron chi connectivity index (χ1n) is 9.63. The molecule has 4 heterocycles. The van der Waals surface area contributed by atoms with Crippen LogP contribution in [0.4, 0.5) is 0 Å². The van der Waals surface area contributed by atoms with E-state index in [1.165, 1.54) is 4.88 Å². The summed E-state index contributed by atoms with van der Waals surface area (Å²) in [6.45, 7) is 9.19. The standard InChI is InChI=1S/C20H26N4O3S/c1-12-7-24(10-19(25)22(12)4)20(26)17-11-28-18-9-23(6-5-15(17)18)8-16-13(2)21-27-14(16)3/h11-12H,5-10H2,1-4H3/t12-/m0/s1. The second kappa shape index (κ2) is 7.33. The van der Waals surface area contributed by atoms with Crippen LogP contribution in [0.3, 0.4) is 0 Å². The van der Waals surface area contributed by atoms with E-state index >= 15 is 0 Å². The topological polar surface area (TPSA) is 69.9 Å². The minimum atomic E-state index is -0.00928. The van der Waals surface area contributed by atoms with Crippen molar-refractivity contribution in [2.24, 2.45) is 0 Å². The van der Waals surface area contributed by atoms with Crippen molar-refractivity contribution in [3.05, 3.63) is 38.4 Å². The molecule has 2 amide bonds. The zero-order chi connectivity index (χ0) is 20.0. The number of thiophene rings is 1. The van der Waals surface area contributed by atoms with E-state index in [9.17, 15) is 9.59 Å². The summed E-state index contributed by atoms with van der Waals surface area (Å²) in [5, 5.41) is 6.01. The molecule has 0 unspecified atom stereocenters. The average Bonchev–Trinajstić information content (AvgIpc) is 3.23. The Morgan fingerprint density at radius 1 is 1.36 bits per heavy atom. The monoisotopic (exact) mass is 402 g/mol. The Kier molecular flexibility index (Phi) is 5.01.